The van der Waals surface area contributed by atoms with Crippen LogP contribution >= 0.6 is 0 Å². The molecule has 1 saturated heterocycles. The van der Waals surface area contributed by atoms with Crippen LogP contribution in [0.5, 0.6) is 0 Å². The summed E-state index contributed by atoms with van der Waals surface area (Å²) in [6, 6.07) is -0.169. The van der Waals surface area contributed by atoms with Crippen LogP contribution in [0, 0.1) is 0 Å². The molecule has 1 fully saturated rings. The molecule has 10 heavy (non-hydrogen) atoms. The maximum absolute atomic E-state index is 10.3. The van der Waals surface area contributed by atoms with Crippen molar-refractivity contribution in [1.82, 2.24) is 4.90 Å². The van der Waals surface area contributed by atoms with Crippen molar-refractivity contribution in [2.75, 3.05) is 6.54 Å². The van der Waals surface area contributed by atoms with Gasteiger partial charge in [0.05, 0.1) is 12.1 Å². The Morgan fingerprint density at radius 3 is 2.50 bits per heavy atom. The predicted molar refractivity (Wildman–Crippen MR) is 34.8 cm³/mol. The van der Waals surface area contributed by atoms with Crippen LogP contribution in [0.25, 0.3) is 0 Å². The first-order valence-corrected chi connectivity index (χ1v) is 3.30. The van der Waals surface area contributed by atoms with E-state index in [2.05, 4.69) is 0 Å². The Morgan fingerprint density at radius 1 is 1.80 bits per heavy atom. The molecule has 4 nitrogen and oxygen atoms in total. The molecular weight excluding hydrogens is 134 g/mol. The highest BCUT2D eigenvalue weighted by atomic mass is 16.4. The maximum atomic E-state index is 10.3. The van der Waals surface area contributed by atoms with Gasteiger partial charge in [0.2, 0.25) is 0 Å². The molecule has 0 aliphatic carbocycles. The monoisotopic (exact) mass is 145 g/mol. The van der Waals surface area contributed by atoms with Crippen molar-refractivity contribution in [3.8, 4) is 0 Å². The Balaban J connectivity index is 2.43. The van der Waals surface area contributed by atoms with E-state index in [9.17, 15) is 4.79 Å². The molecule has 2 N–H and O–H groups in total. The second-order valence-corrected chi connectivity index (χ2v) is 2.57. The summed E-state index contributed by atoms with van der Waals surface area (Å²) in [5.41, 5.74) is 0. The topological polar surface area (TPSA) is 60.8 Å². The van der Waals surface area contributed by atoms with Crippen LogP contribution in [-0.2, 0) is 0 Å². The Morgan fingerprint density at radius 2 is 2.40 bits per heavy atom. The zero-order valence-electron chi connectivity index (χ0n) is 5.82. The van der Waals surface area contributed by atoms with Gasteiger partial charge in [0.25, 0.3) is 0 Å². The van der Waals surface area contributed by atoms with Gasteiger partial charge >= 0.3 is 6.09 Å². The molecule has 2 atom stereocenters. The van der Waals surface area contributed by atoms with Crippen LogP contribution in [0.2, 0.25) is 0 Å². The molecule has 0 radical (unpaired) electrons. The first-order valence-electron chi connectivity index (χ1n) is 3.30. The summed E-state index contributed by atoms with van der Waals surface area (Å²) >= 11 is 0. The molecule has 1 amide bonds. The fourth-order valence-corrected chi connectivity index (χ4v) is 1.15. The van der Waals surface area contributed by atoms with Crippen molar-refractivity contribution in [3.63, 3.8) is 0 Å². The van der Waals surface area contributed by atoms with E-state index in [1.165, 1.54) is 4.90 Å². The number of rotatable bonds is 1. The van der Waals surface area contributed by atoms with Crippen molar-refractivity contribution in [2.45, 2.75) is 25.5 Å². The SMILES string of the molecule is C[C@@H](O)C1CCN1C(=O)O. The van der Waals surface area contributed by atoms with Gasteiger partial charge in [0.15, 0.2) is 0 Å². The third-order valence-corrected chi connectivity index (χ3v) is 1.87. The smallest absolute Gasteiger partial charge is 0.407 e. The van der Waals surface area contributed by atoms with E-state index >= 15 is 0 Å². The lowest BCUT2D eigenvalue weighted by molar-refractivity contribution is 0.00421. The number of aliphatic hydroxyl groups excluding tert-OH is 1. The molecule has 4 heteroatoms. The third kappa shape index (κ3) is 1.07. The molecule has 0 aromatic rings. The lowest BCUT2D eigenvalue weighted by Gasteiger charge is -2.40. The fraction of sp³-hybridized carbons (Fsp3) is 0.833. The molecule has 1 aliphatic heterocycles. The number of carboxylic acid groups (broad SMARTS) is 1. The zero-order chi connectivity index (χ0) is 7.72. The normalized spacial score (nSPS) is 27.4. The minimum atomic E-state index is -0.933. The van der Waals surface area contributed by atoms with Crippen molar-refractivity contribution >= 4 is 6.09 Å². The first kappa shape index (κ1) is 7.34. The van der Waals surface area contributed by atoms with Gasteiger partial charge in [0.1, 0.15) is 0 Å². The molecule has 1 unspecified atom stereocenters. The van der Waals surface area contributed by atoms with Gasteiger partial charge in [-0.3, -0.25) is 0 Å². The molecule has 1 aliphatic rings. The first-order chi connectivity index (χ1) is 4.63. The number of likely N-dealkylation sites (tertiary alicyclic amines) is 1. The van der Waals surface area contributed by atoms with Crippen LogP contribution in [0.4, 0.5) is 4.79 Å². The Labute approximate surface area is 59.1 Å². The maximum Gasteiger partial charge on any atom is 0.407 e. The van der Waals surface area contributed by atoms with E-state index in [-0.39, 0.29) is 6.04 Å². The van der Waals surface area contributed by atoms with E-state index in [1.807, 2.05) is 0 Å². The summed E-state index contributed by atoms with van der Waals surface area (Å²) in [6.45, 7) is 2.17. The summed E-state index contributed by atoms with van der Waals surface area (Å²) in [5, 5.41) is 17.5. The number of hydrogen-bond donors (Lipinski definition) is 2. The average Bonchev–Trinajstić information content (AvgIpc) is 1.56. The van der Waals surface area contributed by atoms with Gasteiger partial charge < -0.3 is 15.1 Å². The summed E-state index contributed by atoms with van der Waals surface area (Å²) in [5.74, 6) is 0. The molecular formula is C6H11NO3. The van der Waals surface area contributed by atoms with Gasteiger partial charge in [-0.1, -0.05) is 0 Å². The highest BCUT2D eigenvalue weighted by Crippen LogP contribution is 2.19. The summed E-state index contributed by atoms with van der Waals surface area (Å²) < 4.78 is 0. The molecule has 0 saturated carbocycles. The van der Waals surface area contributed by atoms with Gasteiger partial charge in [0, 0.05) is 6.54 Å². The van der Waals surface area contributed by atoms with Crippen LogP contribution in [0.3, 0.4) is 0 Å². The average molecular weight is 145 g/mol. The number of amides is 1. The molecule has 0 bridgehead atoms. The predicted octanol–water partition coefficient (Wildman–Crippen LogP) is 0.120. The Hall–Kier alpha value is -0.770. The van der Waals surface area contributed by atoms with Crippen LogP contribution in [0.15, 0.2) is 0 Å². The van der Waals surface area contributed by atoms with E-state index in [0.29, 0.717) is 6.54 Å². The molecule has 58 valence electrons. The van der Waals surface area contributed by atoms with E-state index in [0.717, 1.165) is 6.42 Å². The van der Waals surface area contributed by atoms with Crippen LogP contribution in [-0.4, -0.2) is 39.9 Å². The van der Waals surface area contributed by atoms with E-state index < -0.39 is 12.2 Å². The Bertz CT molecular complexity index is 146. The van der Waals surface area contributed by atoms with E-state index in [1.54, 1.807) is 6.92 Å². The standard InChI is InChI=1S/C6H11NO3/c1-4(8)5-2-3-7(5)6(9)10/h4-5,8H,2-3H2,1H3,(H,9,10)/t4-,5?/m1/s1. The van der Waals surface area contributed by atoms with Crippen molar-refractivity contribution in [1.29, 1.82) is 0 Å². The highest BCUT2D eigenvalue weighted by Gasteiger charge is 2.34. The van der Waals surface area contributed by atoms with Gasteiger partial charge in [-0.25, -0.2) is 4.79 Å². The number of nitrogens with zero attached hydrogens (tertiary/aromatic N) is 1. The summed E-state index contributed by atoms with van der Waals surface area (Å²) in [6.07, 6.45) is -0.689. The minimum absolute atomic E-state index is 0.169. The van der Waals surface area contributed by atoms with Gasteiger partial charge in [-0.05, 0) is 13.3 Å². The van der Waals surface area contributed by atoms with Gasteiger partial charge in [-0.2, -0.15) is 0 Å². The lowest BCUT2D eigenvalue weighted by atomic mass is 9.99. The molecule has 0 aromatic heterocycles. The lowest BCUT2D eigenvalue weighted by Crippen LogP contribution is -2.55. The van der Waals surface area contributed by atoms with Crippen molar-refractivity contribution in [2.24, 2.45) is 0 Å². The second kappa shape index (κ2) is 2.46. The van der Waals surface area contributed by atoms with E-state index in [4.69, 9.17) is 10.2 Å². The van der Waals surface area contributed by atoms with Crippen molar-refractivity contribution < 1.29 is 15.0 Å². The molecule has 0 aromatic carbocycles. The van der Waals surface area contributed by atoms with Gasteiger partial charge in [-0.15, -0.1) is 0 Å². The number of hydrogen-bond acceptors (Lipinski definition) is 2. The number of aliphatic hydroxyl groups is 1. The summed E-state index contributed by atoms with van der Waals surface area (Å²) in [7, 11) is 0. The highest BCUT2D eigenvalue weighted by molar-refractivity contribution is 5.66. The Kier molecular flexibility index (Phi) is 1.80. The number of carbonyl (C=O) groups is 1. The third-order valence-electron chi connectivity index (χ3n) is 1.87. The van der Waals surface area contributed by atoms with Crippen LogP contribution < -0.4 is 0 Å². The van der Waals surface area contributed by atoms with Crippen LogP contribution in [0.1, 0.15) is 13.3 Å². The molecule has 1 rings (SSSR count). The fourth-order valence-electron chi connectivity index (χ4n) is 1.15. The quantitative estimate of drug-likeness (QED) is 0.551. The largest absolute Gasteiger partial charge is 0.465 e. The summed E-state index contributed by atoms with van der Waals surface area (Å²) in [4.78, 5) is 11.6. The zero-order valence-corrected chi connectivity index (χ0v) is 5.82. The second-order valence-electron chi connectivity index (χ2n) is 2.57. The minimum Gasteiger partial charge on any atom is -0.465 e. The van der Waals surface area contributed by atoms with Crippen molar-refractivity contribution in [3.05, 3.63) is 0 Å². The molecule has 0 spiro atoms. The molecule has 1 heterocycles.